The van der Waals surface area contributed by atoms with Gasteiger partial charge in [-0.25, -0.2) is 31.7 Å². The predicted octanol–water partition coefficient (Wildman–Crippen LogP) is 5.12. The van der Waals surface area contributed by atoms with Crippen LogP contribution in [0.15, 0.2) is 90.2 Å². The topological polar surface area (TPSA) is 160 Å². The van der Waals surface area contributed by atoms with Gasteiger partial charge in [-0.05, 0) is 50.8 Å². The summed E-state index contributed by atoms with van der Waals surface area (Å²) in [6.07, 6.45) is 7.02. The molecule has 3 N–H and O–H groups in total. The number of benzene rings is 2. The van der Waals surface area contributed by atoms with Gasteiger partial charge in [-0.15, -0.1) is 5.10 Å². The Labute approximate surface area is 269 Å². The van der Waals surface area contributed by atoms with Crippen molar-refractivity contribution in [2.24, 2.45) is 0 Å². The molecule has 238 valence electrons. The molecule has 4 heterocycles. The van der Waals surface area contributed by atoms with E-state index < -0.39 is 15.8 Å². The van der Waals surface area contributed by atoms with Gasteiger partial charge in [-0.1, -0.05) is 53.2 Å². The van der Waals surface area contributed by atoms with Gasteiger partial charge in [-0.2, -0.15) is 0 Å². The number of nitrogens with zero attached hydrogens (tertiary/aromatic N) is 6. The molecule has 4 aromatic heterocycles. The number of rotatable bonds is 8. The summed E-state index contributed by atoms with van der Waals surface area (Å²) in [5.74, 6) is -0.203. The maximum absolute atomic E-state index is 14.6. The zero-order chi connectivity index (χ0) is 32.5. The molecule has 1 aliphatic carbocycles. The number of aryl methyl sites for hydroxylation is 1. The predicted molar refractivity (Wildman–Crippen MR) is 173 cm³/mol. The van der Waals surface area contributed by atoms with Gasteiger partial charge < -0.3 is 10.6 Å². The molecular weight excluding hydrogens is 621 g/mol. The zero-order valence-electron chi connectivity index (χ0n) is 25.3. The van der Waals surface area contributed by atoms with Crippen molar-refractivity contribution in [3.8, 4) is 22.6 Å². The Bertz CT molecular complexity index is 2170. The molecule has 0 saturated heterocycles. The highest BCUT2D eigenvalue weighted by atomic mass is 32.2. The highest BCUT2D eigenvalue weighted by Gasteiger charge is 2.27. The number of H-pyrrole nitrogens is 1. The van der Waals surface area contributed by atoms with Crippen LogP contribution in [-0.4, -0.2) is 60.7 Å². The van der Waals surface area contributed by atoms with Crippen LogP contribution < -0.4 is 10.6 Å². The molecule has 12 nitrogen and oxygen atoms in total. The van der Waals surface area contributed by atoms with Crippen molar-refractivity contribution in [2.75, 3.05) is 5.32 Å². The molecule has 1 aliphatic rings. The minimum atomic E-state index is -4.09. The third kappa shape index (κ3) is 6.19. The number of aromatic nitrogens is 7. The third-order valence-electron chi connectivity index (χ3n) is 8.20. The number of fused-ring (bicyclic) bond motifs is 1. The van der Waals surface area contributed by atoms with Crippen LogP contribution in [0.2, 0.25) is 0 Å². The molecule has 2 aromatic carbocycles. The Morgan fingerprint density at radius 3 is 2.57 bits per heavy atom. The molecule has 0 unspecified atom stereocenters. The largest absolute Gasteiger partial charge is 0.367 e. The molecule has 0 aliphatic heterocycles. The lowest BCUT2D eigenvalue weighted by atomic mass is 9.91. The fourth-order valence-electron chi connectivity index (χ4n) is 5.87. The quantitative estimate of drug-likeness (QED) is 0.203. The van der Waals surface area contributed by atoms with E-state index in [4.69, 9.17) is 9.97 Å². The van der Waals surface area contributed by atoms with Crippen LogP contribution in [0, 0.1) is 12.7 Å². The number of amides is 1. The first-order chi connectivity index (χ1) is 22.7. The van der Waals surface area contributed by atoms with E-state index in [1.54, 1.807) is 12.1 Å². The Kier molecular flexibility index (Phi) is 7.93. The van der Waals surface area contributed by atoms with E-state index >= 15 is 0 Å². The minimum Gasteiger partial charge on any atom is -0.367 e. The Morgan fingerprint density at radius 2 is 1.81 bits per heavy atom. The molecule has 0 bridgehead atoms. The first-order valence-corrected chi connectivity index (χ1v) is 16.6. The fourth-order valence-corrected chi connectivity index (χ4v) is 7.19. The standard InChI is InChI=1S/C33H30FN9O3S/c1-20-10-12-25(13-11-20)47(45,46)43-19-27(26-14-22(34)17-35-32(26)43)31-39-28(21-6-3-2-4-7-21)16-30(40-31)37-23-8-5-9-24(15-23)38-33(44)29-18-36-42-41-29/h2-4,6-7,10-14,16-19,23-24H,5,8-9,15H2,1H3,(H,38,44)(H,36,41,42)(H,37,39,40)/t23-,24+/m1/s1. The van der Waals surface area contributed by atoms with Gasteiger partial charge in [0.2, 0.25) is 0 Å². The van der Waals surface area contributed by atoms with Crippen LogP contribution in [0.1, 0.15) is 41.7 Å². The van der Waals surface area contributed by atoms with Crippen LogP contribution >= 0.6 is 0 Å². The molecule has 14 heteroatoms. The van der Waals surface area contributed by atoms with Gasteiger partial charge in [0.1, 0.15) is 11.6 Å². The van der Waals surface area contributed by atoms with Crippen molar-refractivity contribution in [3.05, 3.63) is 102 Å². The smallest absolute Gasteiger partial charge is 0.273 e. The summed E-state index contributed by atoms with van der Waals surface area (Å²) < 4.78 is 43.3. The molecule has 1 amide bonds. The number of pyridine rings is 1. The summed E-state index contributed by atoms with van der Waals surface area (Å²) in [4.78, 5) is 26.5. The number of anilines is 1. The molecule has 2 atom stereocenters. The van der Waals surface area contributed by atoms with Crippen molar-refractivity contribution < 1.29 is 17.6 Å². The molecule has 47 heavy (non-hydrogen) atoms. The number of halogens is 1. The van der Waals surface area contributed by atoms with Gasteiger partial charge in [0.05, 0.1) is 23.0 Å². The number of hydrogen-bond acceptors (Lipinski definition) is 9. The summed E-state index contributed by atoms with van der Waals surface area (Å²) >= 11 is 0. The van der Waals surface area contributed by atoms with Gasteiger partial charge in [-0.3, -0.25) is 9.89 Å². The molecule has 1 saturated carbocycles. The van der Waals surface area contributed by atoms with Gasteiger partial charge >= 0.3 is 0 Å². The molecule has 0 spiro atoms. The highest BCUT2D eigenvalue weighted by molar-refractivity contribution is 7.90. The van der Waals surface area contributed by atoms with Crippen LogP contribution in [0.5, 0.6) is 0 Å². The van der Waals surface area contributed by atoms with Crippen molar-refractivity contribution >= 4 is 32.8 Å². The zero-order valence-corrected chi connectivity index (χ0v) is 26.1. The Hall–Kier alpha value is -5.50. The van der Waals surface area contributed by atoms with Crippen molar-refractivity contribution in [1.82, 2.24) is 39.7 Å². The second-order valence-electron chi connectivity index (χ2n) is 11.5. The van der Waals surface area contributed by atoms with Crippen molar-refractivity contribution in [1.29, 1.82) is 0 Å². The lowest BCUT2D eigenvalue weighted by molar-refractivity contribution is 0.0921. The fraction of sp³-hybridized carbons (Fsp3) is 0.212. The second kappa shape index (κ2) is 12.4. The number of aromatic amines is 1. The second-order valence-corrected chi connectivity index (χ2v) is 13.4. The summed E-state index contributed by atoms with van der Waals surface area (Å²) in [6.45, 7) is 1.87. The van der Waals surface area contributed by atoms with Crippen molar-refractivity contribution in [3.63, 3.8) is 0 Å². The Morgan fingerprint density at radius 1 is 1.02 bits per heavy atom. The average Bonchev–Trinajstić information content (AvgIpc) is 3.75. The third-order valence-corrected chi connectivity index (χ3v) is 9.87. The molecular formula is C33H30FN9O3S. The van der Waals surface area contributed by atoms with Crippen LogP contribution in [0.3, 0.4) is 0 Å². The molecule has 0 radical (unpaired) electrons. The lowest BCUT2D eigenvalue weighted by Gasteiger charge is -2.30. The maximum atomic E-state index is 14.6. The minimum absolute atomic E-state index is 0.0277. The van der Waals surface area contributed by atoms with Gasteiger partial charge in [0.15, 0.2) is 17.2 Å². The van der Waals surface area contributed by atoms with Crippen LogP contribution in [0.25, 0.3) is 33.7 Å². The van der Waals surface area contributed by atoms with E-state index in [0.29, 0.717) is 23.5 Å². The van der Waals surface area contributed by atoms with Crippen LogP contribution in [-0.2, 0) is 10.0 Å². The number of nitrogens with one attached hydrogen (secondary N) is 3. The highest BCUT2D eigenvalue weighted by Crippen LogP contribution is 2.34. The first-order valence-electron chi connectivity index (χ1n) is 15.1. The summed E-state index contributed by atoms with van der Waals surface area (Å²) in [5.41, 5.74) is 2.92. The van der Waals surface area contributed by atoms with Gasteiger partial charge in [0.25, 0.3) is 15.9 Å². The van der Waals surface area contributed by atoms with Crippen LogP contribution in [0.4, 0.5) is 10.2 Å². The van der Waals surface area contributed by atoms with Crippen molar-refractivity contribution in [2.45, 2.75) is 49.6 Å². The lowest BCUT2D eigenvalue weighted by Crippen LogP contribution is -2.42. The summed E-state index contributed by atoms with van der Waals surface area (Å²) in [6, 6.07) is 19.0. The van der Waals surface area contributed by atoms with E-state index in [1.165, 1.54) is 30.6 Å². The first kappa shape index (κ1) is 30.2. The van der Waals surface area contributed by atoms with E-state index in [0.717, 1.165) is 40.6 Å². The summed E-state index contributed by atoms with van der Waals surface area (Å²) in [7, 11) is -4.09. The molecule has 7 rings (SSSR count). The monoisotopic (exact) mass is 651 g/mol. The average molecular weight is 652 g/mol. The number of carbonyl (C=O) groups is 1. The molecule has 1 fully saturated rings. The van der Waals surface area contributed by atoms with E-state index in [2.05, 4.69) is 31.0 Å². The van der Waals surface area contributed by atoms with E-state index in [1.807, 2.05) is 43.3 Å². The van der Waals surface area contributed by atoms with E-state index in [-0.39, 0.29) is 45.4 Å². The molecule has 6 aromatic rings. The SMILES string of the molecule is Cc1ccc(S(=O)(=O)n2cc(-c3nc(N[C@@H]4CCC[C@H](NC(=O)c5c[nH]nn5)C4)cc(-c4ccccc4)n3)c3cc(F)cnc32)cc1. The summed E-state index contributed by atoms with van der Waals surface area (Å²) in [5, 5.41) is 16.8. The van der Waals surface area contributed by atoms with E-state index in [9.17, 15) is 17.6 Å². The Balaban J connectivity index is 1.28. The number of carbonyl (C=O) groups excluding carboxylic acids is 1. The normalized spacial score (nSPS) is 16.6. The maximum Gasteiger partial charge on any atom is 0.273 e. The number of hydrogen-bond donors (Lipinski definition) is 3. The van der Waals surface area contributed by atoms with Gasteiger partial charge in [0, 0.05) is 40.9 Å².